The predicted molar refractivity (Wildman–Crippen MR) is 134 cm³/mol. The second-order valence-corrected chi connectivity index (χ2v) is 8.83. The van der Waals surface area contributed by atoms with Crippen molar-refractivity contribution in [3.63, 3.8) is 0 Å². The number of aromatic nitrogens is 2. The van der Waals surface area contributed by atoms with Gasteiger partial charge in [-0.15, -0.1) is 0 Å². The van der Waals surface area contributed by atoms with Crippen LogP contribution in [0.2, 0.25) is 0 Å². The van der Waals surface area contributed by atoms with E-state index in [1.54, 1.807) is 18.3 Å². The molecule has 0 unspecified atom stereocenters. The fourth-order valence-electron chi connectivity index (χ4n) is 4.02. The van der Waals surface area contributed by atoms with E-state index in [9.17, 15) is 9.59 Å². The lowest BCUT2D eigenvalue weighted by Crippen LogP contribution is -2.34. The molecule has 0 aliphatic rings. The zero-order valence-corrected chi connectivity index (χ0v) is 18.7. The molecule has 0 fully saturated rings. The molecule has 3 aromatic heterocycles. The van der Waals surface area contributed by atoms with Crippen molar-refractivity contribution < 1.29 is 9.21 Å². The molecular weight excluding hydrogens is 446 g/mol. The van der Waals surface area contributed by atoms with Crippen molar-refractivity contribution in [1.29, 1.82) is 0 Å². The number of benzene rings is 3. The van der Waals surface area contributed by atoms with Crippen LogP contribution in [0.25, 0.3) is 32.0 Å². The third-order valence-corrected chi connectivity index (χ3v) is 6.74. The molecular formula is C27H17N3O3S. The Labute approximate surface area is 197 Å². The number of amides is 1. The number of para-hydroxylation sites is 1. The summed E-state index contributed by atoms with van der Waals surface area (Å²) >= 11 is 1.39. The van der Waals surface area contributed by atoms with Crippen molar-refractivity contribution >= 4 is 54.3 Å². The SMILES string of the molecule is O=C(c1cc2c(ccc3ccccc32)oc1=O)N(Cc1ccccn1)c1nc2ccccc2s1. The van der Waals surface area contributed by atoms with Crippen LogP contribution in [0.15, 0.2) is 100 Å². The van der Waals surface area contributed by atoms with E-state index < -0.39 is 11.5 Å². The van der Waals surface area contributed by atoms with Gasteiger partial charge in [-0.2, -0.15) is 0 Å². The summed E-state index contributed by atoms with van der Waals surface area (Å²) in [5, 5.41) is 3.12. The monoisotopic (exact) mass is 463 g/mol. The first-order valence-electron chi connectivity index (χ1n) is 10.7. The average Bonchev–Trinajstić information content (AvgIpc) is 3.31. The Bertz CT molecular complexity index is 1710. The maximum atomic E-state index is 13.8. The van der Waals surface area contributed by atoms with Crippen molar-refractivity contribution in [2.24, 2.45) is 0 Å². The van der Waals surface area contributed by atoms with Gasteiger partial charge >= 0.3 is 5.63 Å². The number of pyridine rings is 1. The van der Waals surface area contributed by atoms with Crippen molar-refractivity contribution in [3.05, 3.63) is 113 Å². The summed E-state index contributed by atoms with van der Waals surface area (Å²) in [6.45, 7) is 0.173. The van der Waals surface area contributed by atoms with Gasteiger partial charge < -0.3 is 4.42 Å². The topological polar surface area (TPSA) is 76.3 Å². The minimum atomic E-state index is -0.681. The highest BCUT2D eigenvalue weighted by Crippen LogP contribution is 2.31. The Hall–Kier alpha value is -4.36. The minimum absolute atomic E-state index is 0.0426. The van der Waals surface area contributed by atoms with E-state index in [1.807, 2.05) is 72.8 Å². The number of hydrogen-bond acceptors (Lipinski definition) is 6. The van der Waals surface area contributed by atoms with Crippen LogP contribution in [0.4, 0.5) is 5.13 Å². The summed E-state index contributed by atoms with van der Waals surface area (Å²) in [4.78, 5) is 37.3. The van der Waals surface area contributed by atoms with Crippen LogP contribution in [0.3, 0.4) is 0 Å². The third kappa shape index (κ3) is 3.52. The minimum Gasteiger partial charge on any atom is -0.422 e. The van der Waals surface area contributed by atoms with Crippen LogP contribution >= 0.6 is 11.3 Å². The Morgan fingerprint density at radius 3 is 2.59 bits per heavy atom. The fraction of sp³-hybridized carbons (Fsp3) is 0.0370. The highest BCUT2D eigenvalue weighted by atomic mass is 32.1. The van der Waals surface area contributed by atoms with Crippen LogP contribution in [-0.4, -0.2) is 15.9 Å². The molecule has 6 nitrogen and oxygen atoms in total. The number of carbonyl (C=O) groups is 1. The first kappa shape index (κ1) is 20.3. The van der Waals surface area contributed by atoms with Crippen molar-refractivity contribution in [1.82, 2.24) is 9.97 Å². The normalized spacial score (nSPS) is 11.3. The van der Waals surface area contributed by atoms with E-state index in [0.717, 1.165) is 21.0 Å². The summed E-state index contributed by atoms with van der Waals surface area (Å²) in [6, 6.07) is 26.3. The van der Waals surface area contributed by atoms with E-state index in [1.165, 1.54) is 16.2 Å². The van der Waals surface area contributed by atoms with Gasteiger partial charge in [-0.25, -0.2) is 9.78 Å². The van der Waals surface area contributed by atoms with Gasteiger partial charge in [0.05, 0.1) is 22.5 Å². The van der Waals surface area contributed by atoms with Crippen LogP contribution < -0.4 is 10.5 Å². The molecule has 0 atom stereocenters. The number of hydrogen-bond donors (Lipinski definition) is 0. The van der Waals surface area contributed by atoms with Gasteiger partial charge in [-0.1, -0.05) is 59.9 Å². The number of carbonyl (C=O) groups excluding carboxylic acids is 1. The molecule has 0 radical (unpaired) electrons. The molecule has 0 N–H and O–H groups in total. The molecule has 1 amide bonds. The van der Waals surface area contributed by atoms with Gasteiger partial charge in [-0.05, 0) is 47.2 Å². The standard InChI is InChI=1S/C27H17N3O3S/c31-25(21-15-20-19-9-2-1-7-17(19)12-13-23(20)33-26(21)32)30(16-18-8-5-6-14-28-18)27-29-22-10-3-4-11-24(22)34-27/h1-15H,16H2. The molecule has 6 rings (SSSR count). The van der Waals surface area contributed by atoms with Gasteiger partial charge in [-0.3, -0.25) is 14.7 Å². The fourth-order valence-corrected chi connectivity index (χ4v) is 4.98. The molecule has 3 heterocycles. The van der Waals surface area contributed by atoms with E-state index in [-0.39, 0.29) is 12.1 Å². The second-order valence-electron chi connectivity index (χ2n) is 7.82. The van der Waals surface area contributed by atoms with Gasteiger partial charge in [0.15, 0.2) is 5.13 Å². The van der Waals surface area contributed by atoms with Gasteiger partial charge in [0.25, 0.3) is 5.91 Å². The summed E-state index contributed by atoms with van der Waals surface area (Å²) in [6.07, 6.45) is 1.67. The molecule has 0 bridgehead atoms. The molecule has 7 heteroatoms. The lowest BCUT2D eigenvalue weighted by atomic mass is 10.0. The van der Waals surface area contributed by atoms with Gasteiger partial charge in [0, 0.05) is 11.6 Å². The smallest absolute Gasteiger partial charge is 0.349 e. The quantitative estimate of drug-likeness (QED) is 0.244. The highest BCUT2D eigenvalue weighted by molar-refractivity contribution is 7.22. The van der Waals surface area contributed by atoms with E-state index >= 15 is 0 Å². The first-order valence-corrected chi connectivity index (χ1v) is 11.5. The van der Waals surface area contributed by atoms with Gasteiger partial charge in [0.1, 0.15) is 11.1 Å². The molecule has 0 spiro atoms. The highest BCUT2D eigenvalue weighted by Gasteiger charge is 2.26. The molecule has 0 saturated carbocycles. The van der Waals surface area contributed by atoms with Gasteiger partial charge in [0.2, 0.25) is 0 Å². The van der Waals surface area contributed by atoms with Crippen LogP contribution in [-0.2, 0) is 6.54 Å². The van der Waals surface area contributed by atoms with Crippen molar-refractivity contribution in [2.45, 2.75) is 6.54 Å². The van der Waals surface area contributed by atoms with Crippen LogP contribution in [0.5, 0.6) is 0 Å². The van der Waals surface area contributed by atoms with Crippen molar-refractivity contribution in [2.75, 3.05) is 4.90 Å². The molecule has 6 aromatic rings. The van der Waals surface area contributed by atoms with E-state index in [4.69, 9.17) is 4.42 Å². The zero-order valence-electron chi connectivity index (χ0n) is 17.8. The summed E-state index contributed by atoms with van der Waals surface area (Å²) < 4.78 is 6.53. The largest absolute Gasteiger partial charge is 0.422 e. The number of rotatable bonds is 4. The van der Waals surface area contributed by atoms with Crippen molar-refractivity contribution in [3.8, 4) is 0 Å². The Morgan fingerprint density at radius 2 is 1.74 bits per heavy atom. The third-order valence-electron chi connectivity index (χ3n) is 5.68. The number of thiazole rings is 1. The lowest BCUT2D eigenvalue weighted by Gasteiger charge is -2.19. The average molecular weight is 464 g/mol. The van der Waals surface area contributed by atoms with Crippen LogP contribution in [0.1, 0.15) is 16.1 Å². The Morgan fingerprint density at radius 1 is 0.912 bits per heavy atom. The number of fused-ring (bicyclic) bond motifs is 4. The Balaban J connectivity index is 1.52. The van der Waals surface area contributed by atoms with E-state index in [0.29, 0.717) is 21.8 Å². The van der Waals surface area contributed by atoms with Crippen LogP contribution in [0, 0.1) is 0 Å². The predicted octanol–water partition coefficient (Wildman–Crippen LogP) is 5.80. The maximum absolute atomic E-state index is 13.8. The van der Waals surface area contributed by atoms with E-state index in [2.05, 4.69) is 9.97 Å². The molecule has 34 heavy (non-hydrogen) atoms. The molecule has 3 aromatic carbocycles. The summed E-state index contributed by atoms with van der Waals surface area (Å²) in [5.41, 5.74) is 1.19. The molecule has 0 saturated heterocycles. The molecule has 164 valence electrons. The summed E-state index contributed by atoms with van der Waals surface area (Å²) in [5.74, 6) is -0.478. The Kier molecular flexibility index (Phi) is 4.89. The second kappa shape index (κ2) is 8.20. The first-order chi connectivity index (χ1) is 16.7. The zero-order chi connectivity index (χ0) is 23.1. The summed E-state index contributed by atoms with van der Waals surface area (Å²) in [7, 11) is 0. The number of nitrogens with zero attached hydrogens (tertiary/aromatic N) is 3. The lowest BCUT2D eigenvalue weighted by molar-refractivity contribution is 0.0981. The number of anilines is 1. The molecule has 0 aliphatic carbocycles. The maximum Gasteiger partial charge on any atom is 0.349 e. The molecule has 0 aliphatic heterocycles.